The molecular weight excluding hydrogens is 364 g/mol. The molecule has 1 aliphatic carbocycles. The molecule has 6 heteroatoms. The number of nitrogens with one attached hydrogen (secondary N) is 1. The number of fused-ring (bicyclic) bond motifs is 1. The van der Waals surface area contributed by atoms with Crippen molar-refractivity contribution in [1.82, 2.24) is 9.88 Å². The second-order valence-corrected chi connectivity index (χ2v) is 8.13. The molecule has 0 aromatic carbocycles. The highest BCUT2D eigenvalue weighted by Crippen LogP contribution is 2.33. The summed E-state index contributed by atoms with van der Waals surface area (Å²) in [4.78, 5) is 33.5. The maximum Gasteiger partial charge on any atom is 0.236 e. The normalized spacial score (nSPS) is 22.5. The average Bonchev–Trinajstić information content (AvgIpc) is 2.84. The molecule has 0 unspecified atom stereocenters. The predicted octanol–water partition coefficient (Wildman–Crippen LogP) is 4.36. The molecule has 1 aromatic heterocycles. The first-order valence-electron chi connectivity index (χ1n) is 11.5. The van der Waals surface area contributed by atoms with Crippen molar-refractivity contribution in [1.29, 1.82) is 0 Å². The zero-order valence-electron chi connectivity index (χ0n) is 18.0. The quantitative estimate of drug-likeness (QED) is 0.749. The fraction of sp³-hybridized carbons (Fsp3) is 0.696. The summed E-state index contributed by atoms with van der Waals surface area (Å²) in [6, 6.07) is 4.59. The van der Waals surface area contributed by atoms with Crippen molar-refractivity contribution in [3.63, 3.8) is 0 Å². The number of pyridine rings is 1. The maximum absolute atomic E-state index is 12.8. The first-order valence-corrected chi connectivity index (χ1v) is 11.5. The van der Waals surface area contributed by atoms with Crippen LogP contribution in [0.5, 0.6) is 0 Å². The van der Waals surface area contributed by atoms with E-state index in [4.69, 9.17) is 0 Å². The number of nitrogens with zero attached hydrogens (tertiary/aromatic N) is 3. The van der Waals surface area contributed by atoms with E-state index in [-0.39, 0.29) is 24.3 Å². The number of likely N-dealkylation sites (tertiary alicyclic amines) is 1. The largest absolute Gasteiger partial charge is 0.309 e. The SMILES string of the molecule is CC.O=C1CC(=O)N(C2CCN(C3CCCCCCC3)CC2)c2cccnc2N1. The molecule has 3 aliphatic rings. The van der Waals surface area contributed by atoms with Crippen molar-refractivity contribution >= 4 is 23.3 Å². The van der Waals surface area contributed by atoms with Gasteiger partial charge in [0.25, 0.3) is 0 Å². The third-order valence-electron chi connectivity index (χ3n) is 6.34. The van der Waals surface area contributed by atoms with Crippen LogP contribution < -0.4 is 10.2 Å². The molecule has 3 heterocycles. The number of hydrogen-bond acceptors (Lipinski definition) is 4. The molecule has 2 aliphatic heterocycles. The van der Waals surface area contributed by atoms with Crippen molar-refractivity contribution in [2.75, 3.05) is 23.3 Å². The standard InChI is InChI=1S/C21H30N4O2.C2H6/c26-19-15-20(27)25(18-9-6-12-22-21(18)23-19)17-10-13-24(14-11-17)16-7-4-2-1-3-5-8-16;1-2/h6,9,12,16-17H,1-5,7-8,10-11,13-15H2,(H,22,23,26);1-2H3. The van der Waals surface area contributed by atoms with E-state index in [9.17, 15) is 9.59 Å². The van der Waals surface area contributed by atoms with Gasteiger partial charge >= 0.3 is 0 Å². The summed E-state index contributed by atoms with van der Waals surface area (Å²) in [5.41, 5.74) is 0.748. The van der Waals surface area contributed by atoms with E-state index in [1.807, 2.05) is 30.9 Å². The smallest absolute Gasteiger partial charge is 0.236 e. The highest BCUT2D eigenvalue weighted by molar-refractivity contribution is 6.13. The number of anilines is 2. The van der Waals surface area contributed by atoms with Crippen LogP contribution in [0.4, 0.5) is 11.5 Å². The first-order chi connectivity index (χ1) is 14.2. The van der Waals surface area contributed by atoms with Gasteiger partial charge in [-0.2, -0.15) is 0 Å². The number of hydrogen-bond donors (Lipinski definition) is 1. The van der Waals surface area contributed by atoms with Crippen LogP contribution in [0, 0.1) is 0 Å². The lowest BCUT2D eigenvalue weighted by Gasteiger charge is -2.41. The van der Waals surface area contributed by atoms with E-state index in [2.05, 4.69) is 15.2 Å². The molecule has 1 aromatic rings. The third-order valence-corrected chi connectivity index (χ3v) is 6.34. The molecule has 2 fully saturated rings. The van der Waals surface area contributed by atoms with Crippen LogP contribution in [0.15, 0.2) is 18.3 Å². The number of aromatic nitrogens is 1. The Hall–Kier alpha value is -1.95. The van der Waals surface area contributed by atoms with E-state index < -0.39 is 0 Å². The molecule has 6 nitrogen and oxygen atoms in total. The van der Waals surface area contributed by atoms with Crippen molar-refractivity contribution in [3.8, 4) is 0 Å². The van der Waals surface area contributed by atoms with E-state index >= 15 is 0 Å². The van der Waals surface area contributed by atoms with E-state index in [0.717, 1.165) is 31.6 Å². The second-order valence-electron chi connectivity index (χ2n) is 8.13. The fourth-order valence-corrected chi connectivity index (χ4v) is 4.93. The van der Waals surface area contributed by atoms with Gasteiger partial charge in [0.2, 0.25) is 11.8 Å². The highest BCUT2D eigenvalue weighted by atomic mass is 16.2. The Morgan fingerprint density at radius 3 is 2.28 bits per heavy atom. The van der Waals surface area contributed by atoms with Gasteiger partial charge in [-0.05, 0) is 37.8 Å². The van der Waals surface area contributed by atoms with Gasteiger partial charge in [-0.15, -0.1) is 0 Å². The lowest BCUT2D eigenvalue weighted by atomic mass is 9.93. The maximum atomic E-state index is 12.8. The van der Waals surface area contributed by atoms with Gasteiger partial charge in [0.05, 0.1) is 5.69 Å². The third kappa shape index (κ3) is 5.35. The molecule has 0 atom stereocenters. The molecular formula is C23H36N4O2. The topological polar surface area (TPSA) is 65.5 Å². The van der Waals surface area contributed by atoms with Crippen LogP contribution in [0.3, 0.4) is 0 Å². The minimum Gasteiger partial charge on any atom is -0.309 e. The predicted molar refractivity (Wildman–Crippen MR) is 117 cm³/mol. The van der Waals surface area contributed by atoms with Crippen LogP contribution in [-0.4, -0.2) is 46.9 Å². The van der Waals surface area contributed by atoms with Gasteiger partial charge < -0.3 is 15.1 Å². The fourth-order valence-electron chi connectivity index (χ4n) is 4.93. The summed E-state index contributed by atoms with van der Waals surface area (Å²) in [6.45, 7) is 6.08. The Morgan fingerprint density at radius 2 is 1.59 bits per heavy atom. The van der Waals surface area contributed by atoms with Crippen LogP contribution in [0.2, 0.25) is 0 Å². The lowest BCUT2D eigenvalue weighted by Crippen LogP contribution is -2.50. The van der Waals surface area contributed by atoms with Gasteiger partial charge in [-0.1, -0.05) is 46.0 Å². The van der Waals surface area contributed by atoms with E-state index in [1.54, 1.807) is 6.20 Å². The van der Waals surface area contributed by atoms with Gasteiger partial charge in [0, 0.05) is 31.4 Å². The zero-order chi connectivity index (χ0) is 20.6. The van der Waals surface area contributed by atoms with Crippen LogP contribution in [0.1, 0.15) is 78.1 Å². The van der Waals surface area contributed by atoms with Crippen LogP contribution >= 0.6 is 0 Å². The first kappa shape index (κ1) is 21.8. The van der Waals surface area contributed by atoms with Crippen molar-refractivity contribution in [2.24, 2.45) is 0 Å². The lowest BCUT2D eigenvalue weighted by molar-refractivity contribution is -0.125. The van der Waals surface area contributed by atoms with Crippen molar-refractivity contribution < 1.29 is 9.59 Å². The number of piperidine rings is 1. The summed E-state index contributed by atoms with van der Waals surface area (Å²) in [5, 5.41) is 2.77. The molecule has 0 radical (unpaired) electrons. The molecule has 1 N–H and O–H groups in total. The van der Waals surface area contributed by atoms with E-state index in [1.165, 1.54) is 44.9 Å². The Morgan fingerprint density at radius 1 is 0.931 bits per heavy atom. The van der Waals surface area contributed by atoms with Gasteiger partial charge in [-0.3, -0.25) is 9.59 Å². The molecule has 0 bridgehead atoms. The van der Waals surface area contributed by atoms with Gasteiger partial charge in [0.15, 0.2) is 5.82 Å². The summed E-state index contributed by atoms with van der Waals surface area (Å²) in [6.07, 6.45) is 13.0. The van der Waals surface area contributed by atoms with Crippen LogP contribution in [0.25, 0.3) is 0 Å². The molecule has 1 saturated carbocycles. The molecule has 2 amide bonds. The summed E-state index contributed by atoms with van der Waals surface area (Å²) < 4.78 is 0. The molecule has 29 heavy (non-hydrogen) atoms. The van der Waals surface area contributed by atoms with Crippen LogP contribution in [-0.2, 0) is 9.59 Å². The number of carbonyl (C=O) groups excluding carboxylic acids is 2. The monoisotopic (exact) mass is 400 g/mol. The summed E-state index contributed by atoms with van der Waals surface area (Å²) >= 11 is 0. The highest BCUT2D eigenvalue weighted by Gasteiger charge is 2.35. The van der Waals surface area contributed by atoms with Gasteiger partial charge in [0.1, 0.15) is 6.42 Å². The summed E-state index contributed by atoms with van der Waals surface area (Å²) in [7, 11) is 0. The molecule has 160 valence electrons. The Bertz CT molecular complexity index is 677. The summed E-state index contributed by atoms with van der Waals surface area (Å²) in [5.74, 6) is 0.133. The van der Waals surface area contributed by atoms with E-state index in [0.29, 0.717) is 11.9 Å². The number of rotatable bonds is 2. The minimum absolute atomic E-state index is 0.0980. The average molecular weight is 401 g/mol. The van der Waals surface area contributed by atoms with Crippen molar-refractivity contribution in [3.05, 3.63) is 18.3 Å². The second kappa shape index (κ2) is 10.7. The molecule has 4 rings (SSSR count). The Labute approximate surface area is 175 Å². The van der Waals surface area contributed by atoms with Crippen molar-refractivity contribution in [2.45, 2.75) is 90.1 Å². The molecule has 1 saturated heterocycles. The Balaban J connectivity index is 0.00000117. The number of carbonyl (C=O) groups is 2. The zero-order valence-corrected chi connectivity index (χ0v) is 18.0. The minimum atomic E-state index is -0.269. The Kier molecular flexibility index (Phi) is 8.04. The number of amides is 2. The molecule has 0 spiro atoms. The van der Waals surface area contributed by atoms with Gasteiger partial charge in [-0.25, -0.2) is 4.98 Å².